The summed E-state index contributed by atoms with van der Waals surface area (Å²) >= 11 is 0. The van der Waals surface area contributed by atoms with Crippen LogP contribution in [0.5, 0.6) is 0 Å². The van der Waals surface area contributed by atoms with Gasteiger partial charge in [0.15, 0.2) is 0 Å². The molecule has 1 fully saturated rings. The Morgan fingerprint density at radius 1 is 1.00 bits per heavy atom. The molecule has 1 heterocycles. The van der Waals surface area contributed by atoms with Crippen molar-refractivity contribution in [1.29, 1.82) is 0 Å². The summed E-state index contributed by atoms with van der Waals surface area (Å²) in [5.74, 6) is -2.51. The molecule has 8 nitrogen and oxygen atoms in total. The van der Waals surface area contributed by atoms with Crippen LogP contribution in [-0.2, 0) is 9.59 Å². The van der Waals surface area contributed by atoms with Gasteiger partial charge in [-0.25, -0.2) is 9.59 Å². The molecule has 0 radical (unpaired) electrons. The molecule has 138 valence electrons. The minimum absolute atomic E-state index is 0.154. The van der Waals surface area contributed by atoms with Crippen LogP contribution in [0.2, 0.25) is 0 Å². The summed E-state index contributed by atoms with van der Waals surface area (Å²) < 4.78 is 0. The summed E-state index contributed by atoms with van der Waals surface area (Å²) in [6, 6.07) is 10.4. The van der Waals surface area contributed by atoms with Gasteiger partial charge in [-0.2, -0.15) is 0 Å². The fourth-order valence-electron chi connectivity index (χ4n) is 2.33. The van der Waals surface area contributed by atoms with E-state index in [9.17, 15) is 14.7 Å². The number of carboxylic acids is 2. The van der Waals surface area contributed by atoms with Crippen LogP contribution in [0.4, 0.5) is 5.69 Å². The number of hydrogen-bond donors (Lipinski definition) is 4. The molecule has 1 aliphatic heterocycles. The number of nitrogens with zero attached hydrogens (tertiary/aromatic N) is 2. The van der Waals surface area contributed by atoms with Gasteiger partial charge in [0.25, 0.3) is 0 Å². The van der Waals surface area contributed by atoms with Crippen molar-refractivity contribution >= 4 is 17.6 Å². The number of carboxylic acid groups (broad SMARTS) is 2. The van der Waals surface area contributed by atoms with Gasteiger partial charge in [-0.15, -0.1) is 0 Å². The third kappa shape index (κ3) is 8.85. The Morgan fingerprint density at radius 3 is 1.96 bits per heavy atom. The second-order valence-electron chi connectivity index (χ2n) is 5.47. The quantitative estimate of drug-likeness (QED) is 0.523. The largest absolute Gasteiger partial charge is 0.478 e. The lowest BCUT2D eigenvalue weighted by Crippen LogP contribution is -2.49. The van der Waals surface area contributed by atoms with Gasteiger partial charge in [0.1, 0.15) is 0 Å². The number of carbonyl (C=O) groups is 2. The second kappa shape index (κ2) is 11.2. The highest BCUT2D eigenvalue weighted by molar-refractivity contribution is 5.89. The second-order valence-corrected chi connectivity index (χ2v) is 5.47. The van der Waals surface area contributed by atoms with Gasteiger partial charge >= 0.3 is 11.9 Å². The Bertz CT molecular complexity index is 540. The summed E-state index contributed by atoms with van der Waals surface area (Å²) in [4.78, 5) is 23.7. The molecule has 0 aromatic heterocycles. The van der Waals surface area contributed by atoms with Crippen molar-refractivity contribution in [3.05, 3.63) is 42.5 Å². The highest BCUT2D eigenvalue weighted by atomic mass is 16.4. The lowest BCUT2D eigenvalue weighted by atomic mass is 10.2. The summed E-state index contributed by atoms with van der Waals surface area (Å²) in [7, 11) is 0. The summed E-state index contributed by atoms with van der Waals surface area (Å²) in [5.41, 5.74) is 1.26. The highest BCUT2D eigenvalue weighted by Gasteiger charge is 2.18. The van der Waals surface area contributed by atoms with E-state index in [2.05, 4.69) is 34.1 Å². The minimum atomic E-state index is -1.26. The lowest BCUT2D eigenvalue weighted by molar-refractivity contribution is -0.134. The number of aliphatic carboxylic acids is 2. The van der Waals surface area contributed by atoms with Gasteiger partial charge in [-0.3, -0.25) is 4.90 Å². The van der Waals surface area contributed by atoms with Crippen LogP contribution in [0, 0.1) is 0 Å². The van der Waals surface area contributed by atoms with Crippen molar-refractivity contribution in [2.75, 3.05) is 44.2 Å². The van der Waals surface area contributed by atoms with Crippen LogP contribution in [0.15, 0.2) is 42.5 Å². The molecule has 25 heavy (non-hydrogen) atoms. The van der Waals surface area contributed by atoms with Crippen LogP contribution in [0.3, 0.4) is 0 Å². The van der Waals surface area contributed by atoms with Crippen LogP contribution in [0.25, 0.3) is 0 Å². The molecule has 1 aliphatic rings. The number of anilines is 1. The van der Waals surface area contributed by atoms with E-state index in [4.69, 9.17) is 15.3 Å². The summed E-state index contributed by atoms with van der Waals surface area (Å²) in [5, 5.41) is 33.8. The van der Waals surface area contributed by atoms with Crippen LogP contribution in [-0.4, -0.2) is 82.7 Å². The van der Waals surface area contributed by atoms with E-state index >= 15 is 0 Å². The van der Waals surface area contributed by atoms with E-state index in [1.54, 1.807) is 0 Å². The number of benzene rings is 1. The third-order valence-electron chi connectivity index (χ3n) is 3.54. The van der Waals surface area contributed by atoms with Crippen LogP contribution >= 0.6 is 0 Å². The molecule has 1 saturated heterocycles. The fraction of sp³-hybridized carbons (Fsp3) is 0.412. The number of rotatable bonds is 6. The maximum atomic E-state index is 9.55. The van der Waals surface area contributed by atoms with Gasteiger partial charge in [0.2, 0.25) is 0 Å². The van der Waals surface area contributed by atoms with Crippen molar-refractivity contribution in [2.24, 2.45) is 0 Å². The standard InChI is InChI=1S/C13H20N2O2.C4H4O4/c16-11-13(17)10-14-6-8-15(9-7-14)12-4-2-1-3-5-12;5-3(6)1-2-4(7)8/h1-5,13,16-17H,6-11H2;1-2H,(H,5,6)(H,7,8)/b;2-1-/t13-;/m1./s1. The minimum Gasteiger partial charge on any atom is -0.478 e. The molecule has 4 N–H and O–H groups in total. The van der Waals surface area contributed by atoms with Crippen molar-refractivity contribution < 1.29 is 30.0 Å². The Morgan fingerprint density at radius 2 is 1.52 bits per heavy atom. The molecular formula is C17H24N2O6. The van der Waals surface area contributed by atoms with Crippen molar-refractivity contribution in [2.45, 2.75) is 6.10 Å². The summed E-state index contributed by atoms with van der Waals surface area (Å²) in [6.07, 6.45) is 0.503. The van der Waals surface area contributed by atoms with E-state index in [0.29, 0.717) is 18.7 Å². The SMILES string of the molecule is O=C(O)/C=C\C(=O)O.OC[C@H](O)CN1CCN(c2ccccc2)CC1. The molecule has 0 amide bonds. The molecule has 1 aromatic rings. The molecule has 8 heteroatoms. The predicted molar refractivity (Wildman–Crippen MR) is 92.6 cm³/mol. The third-order valence-corrected chi connectivity index (χ3v) is 3.54. The zero-order valence-electron chi connectivity index (χ0n) is 13.9. The highest BCUT2D eigenvalue weighted by Crippen LogP contribution is 2.15. The van der Waals surface area contributed by atoms with Crippen molar-refractivity contribution in [1.82, 2.24) is 4.90 Å². The van der Waals surface area contributed by atoms with Gasteiger partial charge < -0.3 is 25.3 Å². The van der Waals surface area contributed by atoms with E-state index < -0.39 is 18.0 Å². The molecular weight excluding hydrogens is 328 g/mol. The van der Waals surface area contributed by atoms with E-state index in [1.165, 1.54) is 5.69 Å². The molecule has 0 unspecified atom stereocenters. The van der Waals surface area contributed by atoms with E-state index in [0.717, 1.165) is 26.2 Å². The molecule has 0 spiro atoms. The number of aliphatic hydroxyl groups excluding tert-OH is 2. The normalized spacial score (nSPS) is 16.2. The number of para-hydroxylation sites is 1. The number of hydrogen-bond acceptors (Lipinski definition) is 6. The Balaban J connectivity index is 0.000000333. The maximum Gasteiger partial charge on any atom is 0.328 e. The molecule has 1 aromatic carbocycles. The van der Waals surface area contributed by atoms with Crippen molar-refractivity contribution in [3.8, 4) is 0 Å². The van der Waals surface area contributed by atoms with Crippen LogP contribution < -0.4 is 4.90 Å². The molecule has 2 rings (SSSR count). The number of aliphatic hydroxyl groups is 2. The zero-order valence-corrected chi connectivity index (χ0v) is 13.9. The molecule has 1 atom stereocenters. The Hall–Kier alpha value is -2.42. The Labute approximate surface area is 146 Å². The average molecular weight is 352 g/mol. The maximum absolute atomic E-state index is 9.55. The van der Waals surface area contributed by atoms with Gasteiger partial charge in [0, 0.05) is 50.6 Å². The Kier molecular flexibility index (Phi) is 9.23. The number of piperazine rings is 1. The summed E-state index contributed by atoms with van der Waals surface area (Å²) in [6.45, 7) is 4.24. The van der Waals surface area contributed by atoms with Crippen molar-refractivity contribution in [3.63, 3.8) is 0 Å². The first kappa shape index (κ1) is 20.6. The van der Waals surface area contributed by atoms with Gasteiger partial charge in [-0.05, 0) is 12.1 Å². The van der Waals surface area contributed by atoms with E-state index in [-0.39, 0.29) is 6.61 Å². The first-order chi connectivity index (χ1) is 11.9. The molecule has 0 aliphatic carbocycles. The first-order valence-electron chi connectivity index (χ1n) is 7.87. The van der Waals surface area contributed by atoms with Gasteiger partial charge in [-0.1, -0.05) is 18.2 Å². The smallest absolute Gasteiger partial charge is 0.328 e. The lowest BCUT2D eigenvalue weighted by Gasteiger charge is -2.36. The average Bonchev–Trinajstić information content (AvgIpc) is 2.62. The zero-order chi connectivity index (χ0) is 18.7. The fourth-order valence-corrected chi connectivity index (χ4v) is 2.33. The number of β-amino-alcohol motifs (C(OH)–C–C–N with tert-alkyl or cyclic N) is 1. The van der Waals surface area contributed by atoms with Gasteiger partial charge in [0.05, 0.1) is 12.7 Å². The predicted octanol–water partition coefficient (Wildman–Crippen LogP) is -0.126. The first-order valence-corrected chi connectivity index (χ1v) is 7.87. The van der Waals surface area contributed by atoms with E-state index in [1.807, 2.05) is 6.07 Å². The molecule has 0 saturated carbocycles. The van der Waals surface area contributed by atoms with Crippen LogP contribution in [0.1, 0.15) is 0 Å². The topological polar surface area (TPSA) is 122 Å². The monoisotopic (exact) mass is 352 g/mol. The molecule has 0 bridgehead atoms.